The number of hydrogen-bond donors (Lipinski definition) is 1. The number of piperidine rings is 1. The second-order valence-electron chi connectivity index (χ2n) is 5.12. The molecule has 106 valence electrons. The van der Waals surface area contributed by atoms with Crippen LogP contribution in [-0.4, -0.2) is 45.3 Å². The maximum absolute atomic E-state index is 10.9. The highest BCUT2D eigenvalue weighted by molar-refractivity contribution is 5.54. The van der Waals surface area contributed by atoms with Crippen molar-refractivity contribution in [2.45, 2.75) is 32.2 Å². The average molecular weight is 267 g/mol. The summed E-state index contributed by atoms with van der Waals surface area (Å²) in [5, 5.41) is 18.1. The van der Waals surface area contributed by atoms with Crippen LogP contribution in [0.5, 0.6) is 0 Å². The summed E-state index contributed by atoms with van der Waals surface area (Å²) < 4.78 is 1.46. The summed E-state index contributed by atoms with van der Waals surface area (Å²) in [7, 11) is 1.69. The standard InChI is InChI=1S/C12H21N5O2/c1-10(16-6-4-3-5-7-16)8-13-12-11(17(18)19)9-15(2)14-12/h9-10H,3-8H2,1-2H3,(H,13,14). The van der Waals surface area contributed by atoms with Crippen molar-refractivity contribution in [3.05, 3.63) is 16.3 Å². The minimum absolute atomic E-state index is 0.0355. The van der Waals surface area contributed by atoms with Crippen molar-refractivity contribution in [2.24, 2.45) is 7.05 Å². The Morgan fingerprint density at radius 1 is 1.47 bits per heavy atom. The van der Waals surface area contributed by atoms with Gasteiger partial charge < -0.3 is 5.32 Å². The number of rotatable bonds is 5. The lowest BCUT2D eigenvalue weighted by molar-refractivity contribution is -0.384. The van der Waals surface area contributed by atoms with Crippen LogP contribution >= 0.6 is 0 Å². The number of hydrogen-bond acceptors (Lipinski definition) is 5. The fraction of sp³-hybridized carbons (Fsp3) is 0.750. The molecule has 0 saturated carbocycles. The molecule has 1 aromatic rings. The van der Waals surface area contributed by atoms with Crippen LogP contribution in [0.2, 0.25) is 0 Å². The molecule has 0 aliphatic carbocycles. The Labute approximate surface area is 112 Å². The molecule has 0 spiro atoms. The van der Waals surface area contributed by atoms with Gasteiger partial charge in [-0.15, -0.1) is 5.10 Å². The summed E-state index contributed by atoms with van der Waals surface area (Å²) in [6.45, 7) is 5.06. The summed E-state index contributed by atoms with van der Waals surface area (Å²) in [4.78, 5) is 12.9. The monoisotopic (exact) mass is 267 g/mol. The summed E-state index contributed by atoms with van der Waals surface area (Å²) in [5.74, 6) is 0.358. The van der Waals surface area contributed by atoms with Crippen LogP contribution in [0.3, 0.4) is 0 Å². The molecule has 7 nitrogen and oxygen atoms in total. The molecule has 0 amide bonds. The molecule has 2 rings (SSSR count). The number of nitrogens with one attached hydrogen (secondary N) is 1. The van der Waals surface area contributed by atoms with Gasteiger partial charge in [-0.2, -0.15) is 0 Å². The molecule has 1 saturated heterocycles. The molecule has 2 heterocycles. The maximum atomic E-state index is 10.9. The number of aromatic nitrogens is 2. The van der Waals surface area contributed by atoms with Crippen molar-refractivity contribution >= 4 is 11.5 Å². The summed E-state index contributed by atoms with van der Waals surface area (Å²) >= 11 is 0. The van der Waals surface area contributed by atoms with E-state index in [1.807, 2.05) is 0 Å². The Kier molecular flexibility index (Phi) is 4.36. The Morgan fingerprint density at radius 3 is 2.79 bits per heavy atom. The molecule has 1 aromatic heterocycles. The predicted octanol–water partition coefficient (Wildman–Crippen LogP) is 1.61. The van der Waals surface area contributed by atoms with E-state index in [-0.39, 0.29) is 5.69 Å². The number of anilines is 1. The van der Waals surface area contributed by atoms with E-state index < -0.39 is 4.92 Å². The summed E-state index contributed by atoms with van der Waals surface area (Å²) in [6.07, 6.45) is 5.22. The van der Waals surface area contributed by atoms with E-state index in [4.69, 9.17) is 0 Å². The number of nitro groups is 1. The van der Waals surface area contributed by atoms with Crippen LogP contribution in [0.1, 0.15) is 26.2 Å². The Balaban J connectivity index is 1.92. The van der Waals surface area contributed by atoms with Crippen LogP contribution in [0.25, 0.3) is 0 Å². The molecular formula is C12H21N5O2. The molecular weight excluding hydrogens is 246 g/mol. The van der Waals surface area contributed by atoms with Gasteiger partial charge in [0.25, 0.3) is 0 Å². The predicted molar refractivity (Wildman–Crippen MR) is 73.2 cm³/mol. The topological polar surface area (TPSA) is 76.2 Å². The first-order valence-corrected chi connectivity index (χ1v) is 6.74. The second kappa shape index (κ2) is 6.01. The first kappa shape index (κ1) is 13.8. The van der Waals surface area contributed by atoms with Crippen molar-refractivity contribution in [3.8, 4) is 0 Å². The van der Waals surface area contributed by atoms with E-state index in [0.717, 1.165) is 13.1 Å². The Hall–Kier alpha value is -1.63. The van der Waals surface area contributed by atoms with Crippen LogP contribution in [0, 0.1) is 10.1 Å². The fourth-order valence-electron chi connectivity index (χ4n) is 2.47. The van der Waals surface area contributed by atoms with Crippen molar-refractivity contribution in [1.29, 1.82) is 0 Å². The Morgan fingerprint density at radius 2 is 2.16 bits per heavy atom. The third-order valence-corrected chi connectivity index (χ3v) is 3.59. The first-order valence-electron chi connectivity index (χ1n) is 6.74. The van der Waals surface area contributed by atoms with E-state index in [9.17, 15) is 10.1 Å². The molecule has 1 fully saturated rings. The first-order chi connectivity index (χ1) is 9.08. The van der Waals surface area contributed by atoms with Gasteiger partial charge in [-0.25, -0.2) is 0 Å². The zero-order chi connectivity index (χ0) is 13.8. The second-order valence-corrected chi connectivity index (χ2v) is 5.12. The van der Waals surface area contributed by atoms with Gasteiger partial charge in [-0.3, -0.25) is 19.7 Å². The lowest BCUT2D eigenvalue weighted by atomic mass is 10.1. The molecule has 0 aromatic carbocycles. The SMILES string of the molecule is CC(CNc1nn(C)cc1[N+](=O)[O-])N1CCCCC1. The highest BCUT2D eigenvalue weighted by atomic mass is 16.6. The van der Waals surface area contributed by atoms with Crippen LogP contribution in [0.4, 0.5) is 11.5 Å². The van der Waals surface area contributed by atoms with Gasteiger partial charge in [0.1, 0.15) is 6.20 Å². The summed E-state index contributed by atoms with van der Waals surface area (Å²) in [6, 6.07) is 0.363. The fourth-order valence-corrected chi connectivity index (χ4v) is 2.47. The summed E-state index contributed by atoms with van der Waals surface area (Å²) in [5.41, 5.74) is 0.0355. The number of aryl methyl sites for hydroxylation is 1. The minimum Gasteiger partial charge on any atom is -0.361 e. The molecule has 1 aliphatic rings. The third-order valence-electron chi connectivity index (χ3n) is 3.59. The van der Waals surface area contributed by atoms with E-state index in [0.29, 0.717) is 18.4 Å². The van der Waals surface area contributed by atoms with Gasteiger partial charge in [-0.1, -0.05) is 6.42 Å². The zero-order valence-electron chi connectivity index (χ0n) is 11.5. The normalized spacial score (nSPS) is 18.2. The van der Waals surface area contributed by atoms with Gasteiger partial charge >= 0.3 is 5.69 Å². The molecule has 1 aliphatic heterocycles. The lowest BCUT2D eigenvalue weighted by Gasteiger charge is -2.32. The zero-order valence-corrected chi connectivity index (χ0v) is 11.5. The molecule has 1 atom stereocenters. The van der Waals surface area contributed by atoms with Crippen molar-refractivity contribution in [3.63, 3.8) is 0 Å². The number of likely N-dealkylation sites (tertiary alicyclic amines) is 1. The quantitative estimate of drug-likeness (QED) is 0.648. The molecule has 7 heteroatoms. The van der Waals surface area contributed by atoms with Crippen LogP contribution < -0.4 is 5.32 Å². The molecule has 1 N–H and O–H groups in total. The van der Waals surface area contributed by atoms with Crippen molar-refractivity contribution in [1.82, 2.24) is 14.7 Å². The Bertz CT molecular complexity index is 439. The molecule has 1 unspecified atom stereocenters. The largest absolute Gasteiger partial charge is 0.361 e. The highest BCUT2D eigenvalue weighted by Crippen LogP contribution is 2.21. The van der Waals surface area contributed by atoms with Crippen LogP contribution in [0.15, 0.2) is 6.20 Å². The van der Waals surface area contributed by atoms with Gasteiger partial charge in [0, 0.05) is 19.6 Å². The maximum Gasteiger partial charge on any atom is 0.330 e. The number of nitrogens with zero attached hydrogens (tertiary/aromatic N) is 4. The van der Waals surface area contributed by atoms with Crippen LogP contribution in [-0.2, 0) is 7.05 Å². The van der Waals surface area contributed by atoms with Gasteiger partial charge in [-0.05, 0) is 32.9 Å². The lowest BCUT2D eigenvalue weighted by Crippen LogP contribution is -2.41. The van der Waals surface area contributed by atoms with Gasteiger partial charge in [0.2, 0.25) is 5.82 Å². The van der Waals surface area contributed by atoms with Gasteiger partial charge in [0.05, 0.1) is 4.92 Å². The van der Waals surface area contributed by atoms with E-state index >= 15 is 0 Å². The van der Waals surface area contributed by atoms with E-state index in [1.54, 1.807) is 7.05 Å². The smallest absolute Gasteiger partial charge is 0.330 e. The highest BCUT2D eigenvalue weighted by Gasteiger charge is 2.21. The van der Waals surface area contributed by atoms with Gasteiger partial charge in [0.15, 0.2) is 0 Å². The van der Waals surface area contributed by atoms with E-state index in [2.05, 4.69) is 22.2 Å². The molecule has 19 heavy (non-hydrogen) atoms. The van der Waals surface area contributed by atoms with Crippen molar-refractivity contribution < 1.29 is 4.92 Å². The molecule has 0 radical (unpaired) electrons. The minimum atomic E-state index is -0.402. The van der Waals surface area contributed by atoms with Crippen molar-refractivity contribution in [2.75, 3.05) is 25.0 Å². The average Bonchev–Trinajstić information content (AvgIpc) is 2.78. The third kappa shape index (κ3) is 3.44. The van der Waals surface area contributed by atoms with E-state index in [1.165, 1.54) is 30.1 Å². The molecule has 0 bridgehead atoms.